The van der Waals surface area contributed by atoms with Crippen molar-refractivity contribution in [3.63, 3.8) is 0 Å². The Labute approximate surface area is 108 Å². The summed E-state index contributed by atoms with van der Waals surface area (Å²) in [5.41, 5.74) is 1.90. The van der Waals surface area contributed by atoms with E-state index in [1.54, 1.807) is 0 Å². The lowest BCUT2D eigenvalue weighted by atomic mass is 10.3. The van der Waals surface area contributed by atoms with Gasteiger partial charge in [0.15, 0.2) is 0 Å². The van der Waals surface area contributed by atoms with E-state index in [-0.39, 0.29) is 0 Å². The Kier molecular flexibility index (Phi) is 3.21. The third-order valence-corrected chi connectivity index (χ3v) is 3.41. The van der Waals surface area contributed by atoms with Crippen LogP contribution in [0.15, 0.2) is 28.9 Å². The van der Waals surface area contributed by atoms with Crippen LogP contribution in [-0.4, -0.2) is 9.55 Å². The first-order valence-electron chi connectivity index (χ1n) is 4.78. The van der Waals surface area contributed by atoms with E-state index in [2.05, 4.69) is 26.2 Å². The van der Waals surface area contributed by atoms with E-state index < -0.39 is 0 Å². The van der Waals surface area contributed by atoms with Crippen LogP contribution in [0.1, 0.15) is 5.69 Å². The first-order valence-corrected chi connectivity index (χ1v) is 5.95. The molecule has 3 nitrogen and oxygen atoms in total. The highest BCUT2D eigenvalue weighted by molar-refractivity contribution is 9.10. The van der Waals surface area contributed by atoms with Gasteiger partial charge < -0.3 is 9.88 Å². The van der Waals surface area contributed by atoms with E-state index >= 15 is 0 Å². The number of aryl methyl sites for hydroxylation is 2. The minimum atomic E-state index is 0.677. The van der Waals surface area contributed by atoms with E-state index in [9.17, 15) is 0 Å². The van der Waals surface area contributed by atoms with Gasteiger partial charge in [-0.25, -0.2) is 4.98 Å². The fourth-order valence-electron chi connectivity index (χ4n) is 1.44. The minimum Gasteiger partial charge on any atom is -0.326 e. The van der Waals surface area contributed by atoms with Gasteiger partial charge in [-0.05, 0) is 41.1 Å². The number of benzene rings is 1. The molecular formula is C11H11BrClN3. The summed E-state index contributed by atoms with van der Waals surface area (Å²) in [7, 11) is 1.95. The lowest BCUT2D eigenvalue weighted by molar-refractivity contribution is 0.924. The predicted octanol–water partition coefficient (Wildman–Crippen LogP) is 3.89. The third kappa shape index (κ3) is 2.39. The number of nitrogens with zero attached hydrogens (tertiary/aromatic N) is 2. The number of aromatic nitrogens is 2. The molecule has 2 aromatic rings. The maximum absolute atomic E-state index is 6.01. The lowest BCUT2D eigenvalue weighted by Gasteiger charge is -2.06. The Morgan fingerprint density at radius 1 is 1.44 bits per heavy atom. The molecule has 0 fully saturated rings. The van der Waals surface area contributed by atoms with Gasteiger partial charge in [-0.15, -0.1) is 0 Å². The van der Waals surface area contributed by atoms with Gasteiger partial charge in [0.2, 0.25) is 5.95 Å². The second-order valence-electron chi connectivity index (χ2n) is 3.57. The molecule has 0 atom stereocenters. The molecule has 5 heteroatoms. The standard InChI is InChI=1S/C11H11BrClN3/c1-7-6-16(2)11(14-7)15-8-3-4-9(12)10(13)5-8/h3-6H,1-2H3,(H,14,15). The van der Waals surface area contributed by atoms with Crippen LogP contribution < -0.4 is 5.32 Å². The largest absolute Gasteiger partial charge is 0.326 e. The van der Waals surface area contributed by atoms with Crippen molar-refractivity contribution < 1.29 is 0 Å². The van der Waals surface area contributed by atoms with Gasteiger partial charge in [-0.3, -0.25) is 0 Å². The molecule has 0 unspecified atom stereocenters. The topological polar surface area (TPSA) is 29.9 Å². The maximum atomic E-state index is 6.01. The zero-order chi connectivity index (χ0) is 11.7. The van der Waals surface area contributed by atoms with Crippen molar-refractivity contribution >= 4 is 39.2 Å². The number of nitrogens with one attached hydrogen (secondary N) is 1. The minimum absolute atomic E-state index is 0.677. The number of hydrogen-bond donors (Lipinski definition) is 1. The first-order chi connectivity index (χ1) is 7.56. The fraction of sp³-hybridized carbons (Fsp3) is 0.182. The molecule has 0 aliphatic carbocycles. The normalized spacial score (nSPS) is 10.5. The monoisotopic (exact) mass is 299 g/mol. The number of imidazole rings is 1. The fourth-order valence-corrected chi connectivity index (χ4v) is 1.86. The van der Waals surface area contributed by atoms with E-state index in [4.69, 9.17) is 11.6 Å². The first kappa shape index (κ1) is 11.5. The summed E-state index contributed by atoms with van der Waals surface area (Å²) in [6.45, 7) is 1.96. The highest BCUT2D eigenvalue weighted by Gasteiger charge is 2.04. The summed E-state index contributed by atoms with van der Waals surface area (Å²) in [4.78, 5) is 4.35. The van der Waals surface area contributed by atoms with Crippen molar-refractivity contribution in [2.75, 3.05) is 5.32 Å². The van der Waals surface area contributed by atoms with Crippen LogP contribution in [0.2, 0.25) is 5.02 Å². The Morgan fingerprint density at radius 2 is 2.19 bits per heavy atom. The van der Waals surface area contributed by atoms with Gasteiger partial charge in [0.1, 0.15) is 0 Å². The van der Waals surface area contributed by atoms with Gasteiger partial charge in [0.05, 0.1) is 10.7 Å². The van der Waals surface area contributed by atoms with E-state index in [0.717, 1.165) is 21.8 Å². The summed E-state index contributed by atoms with van der Waals surface area (Å²) in [5, 5.41) is 3.88. The van der Waals surface area contributed by atoms with Crippen LogP contribution in [0.4, 0.5) is 11.6 Å². The average molecular weight is 301 g/mol. The van der Waals surface area contributed by atoms with E-state index in [1.165, 1.54) is 0 Å². The number of halogens is 2. The molecule has 1 N–H and O–H groups in total. The molecule has 0 saturated carbocycles. The van der Waals surface area contributed by atoms with Crippen LogP contribution in [0, 0.1) is 6.92 Å². The van der Waals surface area contributed by atoms with Crippen molar-refractivity contribution in [1.29, 1.82) is 0 Å². The lowest BCUT2D eigenvalue weighted by Crippen LogP contribution is -1.98. The van der Waals surface area contributed by atoms with Crippen molar-refractivity contribution in [3.8, 4) is 0 Å². The molecule has 16 heavy (non-hydrogen) atoms. The van der Waals surface area contributed by atoms with Gasteiger partial charge in [0.25, 0.3) is 0 Å². The Balaban J connectivity index is 2.27. The molecule has 0 saturated heterocycles. The van der Waals surface area contributed by atoms with E-state index in [1.807, 2.05) is 42.9 Å². The molecule has 0 spiro atoms. The molecule has 0 amide bonds. The average Bonchev–Trinajstić information content (AvgIpc) is 2.51. The maximum Gasteiger partial charge on any atom is 0.207 e. The molecule has 0 aliphatic rings. The molecule has 2 rings (SSSR count). The second kappa shape index (κ2) is 4.47. The summed E-state index contributed by atoms with van der Waals surface area (Å²) >= 11 is 9.36. The van der Waals surface area contributed by atoms with Crippen LogP contribution in [-0.2, 0) is 7.05 Å². The summed E-state index contributed by atoms with van der Waals surface area (Å²) < 4.78 is 2.82. The highest BCUT2D eigenvalue weighted by Crippen LogP contribution is 2.26. The molecule has 1 aromatic heterocycles. The van der Waals surface area contributed by atoms with Gasteiger partial charge >= 0.3 is 0 Å². The van der Waals surface area contributed by atoms with Crippen LogP contribution in [0.3, 0.4) is 0 Å². The Morgan fingerprint density at radius 3 is 2.75 bits per heavy atom. The Bertz CT molecular complexity index is 522. The molecule has 1 aromatic carbocycles. The van der Waals surface area contributed by atoms with Gasteiger partial charge in [-0.1, -0.05) is 11.6 Å². The zero-order valence-electron chi connectivity index (χ0n) is 8.96. The SMILES string of the molecule is Cc1cn(C)c(Nc2ccc(Br)c(Cl)c2)n1. The quantitative estimate of drug-likeness (QED) is 0.912. The molecule has 0 bridgehead atoms. The van der Waals surface area contributed by atoms with Crippen molar-refractivity contribution in [2.24, 2.45) is 7.05 Å². The second-order valence-corrected chi connectivity index (χ2v) is 4.83. The molecule has 84 valence electrons. The smallest absolute Gasteiger partial charge is 0.207 e. The van der Waals surface area contributed by atoms with Crippen molar-refractivity contribution in [2.45, 2.75) is 6.92 Å². The summed E-state index contributed by atoms with van der Waals surface area (Å²) in [5.74, 6) is 0.802. The molecular weight excluding hydrogens is 289 g/mol. The predicted molar refractivity (Wildman–Crippen MR) is 70.4 cm³/mol. The number of anilines is 2. The van der Waals surface area contributed by atoms with Crippen LogP contribution >= 0.6 is 27.5 Å². The Hall–Kier alpha value is -1.00. The molecule has 0 aliphatic heterocycles. The third-order valence-electron chi connectivity index (χ3n) is 2.17. The van der Waals surface area contributed by atoms with Gasteiger partial charge in [0, 0.05) is 23.4 Å². The van der Waals surface area contributed by atoms with E-state index in [0.29, 0.717) is 5.02 Å². The number of hydrogen-bond acceptors (Lipinski definition) is 2. The van der Waals surface area contributed by atoms with Gasteiger partial charge in [-0.2, -0.15) is 0 Å². The highest BCUT2D eigenvalue weighted by atomic mass is 79.9. The van der Waals surface area contributed by atoms with Crippen LogP contribution in [0.25, 0.3) is 0 Å². The van der Waals surface area contributed by atoms with Crippen LogP contribution in [0.5, 0.6) is 0 Å². The molecule has 0 radical (unpaired) electrons. The zero-order valence-corrected chi connectivity index (χ0v) is 11.3. The van der Waals surface area contributed by atoms with Crippen molar-refractivity contribution in [3.05, 3.63) is 39.6 Å². The summed E-state index contributed by atoms with van der Waals surface area (Å²) in [6, 6.07) is 5.70. The molecule has 1 heterocycles. The van der Waals surface area contributed by atoms with Crippen molar-refractivity contribution in [1.82, 2.24) is 9.55 Å². The summed E-state index contributed by atoms with van der Waals surface area (Å²) in [6.07, 6.45) is 1.96. The number of rotatable bonds is 2.